The van der Waals surface area contributed by atoms with Gasteiger partial charge in [-0.1, -0.05) is 0 Å². The van der Waals surface area contributed by atoms with Gasteiger partial charge in [0.15, 0.2) is 0 Å². The van der Waals surface area contributed by atoms with Gasteiger partial charge in [0.05, 0.1) is 18.6 Å². The van der Waals surface area contributed by atoms with Crippen molar-refractivity contribution in [1.82, 2.24) is 5.32 Å². The van der Waals surface area contributed by atoms with Crippen LogP contribution in [0.1, 0.15) is 19.3 Å². The van der Waals surface area contributed by atoms with Gasteiger partial charge in [-0.2, -0.15) is 0 Å². The lowest BCUT2D eigenvalue weighted by molar-refractivity contribution is -0.121. The first-order valence-corrected chi connectivity index (χ1v) is 6.57. The van der Waals surface area contributed by atoms with Crippen molar-refractivity contribution in [2.75, 3.05) is 19.0 Å². The Balaban J connectivity index is 0.00000220. The van der Waals surface area contributed by atoms with E-state index in [9.17, 15) is 9.59 Å². The Kier molecular flexibility index (Phi) is 5.99. The number of hydrogen-bond acceptors (Lipinski definition) is 4. The third-order valence-corrected chi connectivity index (χ3v) is 3.23. The molecule has 116 valence electrons. The molecule has 21 heavy (non-hydrogen) atoms. The van der Waals surface area contributed by atoms with Crippen LogP contribution in [0.2, 0.25) is 0 Å². The molecule has 2 amide bonds. The fourth-order valence-corrected chi connectivity index (χ4v) is 1.64. The molecule has 1 aliphatic rings. The van der Waals surface area contributed by atoms with Gasteiger partial charge in [-0.05, 0) is 37.1 Å². The minimum atomic E-state index is -0.678. The highest BCUT2D eigenvalue weighted by molar-refractivity contribution is 6.00. The van der Waals surface area contributed by atoms with Crippen molar-refractivity contribution in [2.24, 2.45) is 5.73 Å². The molecule has 4 N–H and O–H groups in total. The molecular weight excluding hydrogens is 294 g/mol. The number of carbonyl (C=O) groups excluding carboxylic acids is 2. The third-order valence-electron chi connectivity index (χ3n) is 3.23. The van der Waals surface area contributed by atoms with Gasteiger partial charge in [-0.25, -0.2) is 0 Å². The van der Waals surface area contributed by atoms with Crippen molar-refractivity contribution in [3.8, 4) is 5.75 Å². The van der Waals surface area contributed by atoms with Gasteiger partial charge in [0.1, 0.15) is 5.75 Å². The van der Waals surface area contributed by atoms with E-state index in [1.807, 2.05) is 0 Å². The predicted molar refractivity (Wildman–Crippen MR) is 82.7 cm³/mol. The molecule has 0 heterocycles. The van der Waals surface area contributed by atoms with Crippen molar-refractivity contribution in [3.63, 3.8) is 0 Å². The quantitative estimate of drug-likeness (QED) is 0.732. The first-order valence-electron chi connectivity index (χ1n) is 6.57. The van der Waals surface area contributed by atoms with Crippen LogP contribution < -0.4 is 21.1 Å². The van der Waals surface area contributed by atoms with Crippen LogP contribution in [0.4, 0.5) is 5.69 Å². The van der Waals surface area contributed by atoms with Crippen molar-refractivity contribution in [3.05, 3.63) is 24.3 Å². The lowest BCUT2D eigenvalue weighted by atomic mass is 10.2. The van der Waals surface area contributed by atoms with E-state index in [1.165, 1.54) is 0 Å². The summed E-state index contributed by atoms with van der Waals surface area (Å²) < 4.78 is 5.42. The summed E-state index contributed by atoms with van der Waals surface area (Å²) >= 11 is 0. The third kappa shape index (κ3) is 4.91. The zero-order valence-corrected chi connectivity index (χ0v) is 12.7. The number of rotatable bonds is 6. The van der Waals surface area contributed by atoms with Gasteiger partial charge < -0.3 is 21.1 Å². The second kappa shape index (κ2) is 7.28. The summed E-state index contributed by atoms with van der Waals surface area (Å²) in [5, 5.41) is 5.30. The Labute approximate surface area is 129 Å². The molecule has 7 heteroatoms. The molecule has 0 bridgehead atoms. The van der Waals surface area contributed by atoms with Gasteiger partial charge in [-0.3, -0.25) is 9.59 Å². The highest BCUT2D eigenvalue weighted by Crippen LogP contribution is 2.33. The molecule has 0 aromatic heterocycles. The molecule has 1 aromatic carbocycles. The number of nitrogens with one attached hydrogen (secondary N) is 2. The summed E-state index contributed by atoms with van der Waals surface area (Å²) in [7, 11) is 1.59. The summed E-state index contributed by atoms with van der Waals surface area (Å²) in [4.78, 5) is 22.8. The number of hydrogen-bond donors (Lipinski definition) is 3. The topological polar surface area (TPSA) is 93.5 Å². The second-order valence-electron chi connectivity index (χ2n) is 4.91. The van der Waals surface area contributed by atoms with E-state index in [-0.39, 0.29) is 24.2 Å². The molecule has 0 atom stereocenters. The summed E-state index contributed by atoms with van der Waals surface area (Å²) in [5.74, 6) is 0.443. The maximum absolute atomic E-state index is 11.7. The van der Waals surface area contributed by atoms with Gasteiger partial charge >= 0.3 is 0 Å². The van der Waals surface area contributed by atoms with Crippen molar-refractivity contribution < 1.29 is 14.3 Å². The first-order chi connectivity index (χ1) is 9.53. The smallest absolute Gasteiger partial charge is 0.244 e. The SMILES string of the molecule is CNC(=O)CCOc1ccc(NC(=O)C2(N)CC2)cc1.Cl. The second-order valence-corrected chi connectivity index (χ2v) is 4.91. The fourth-order valence-electron chi connectivity index (χ4n) is 1.64. The number of anilines is 1. The molecule has 0 aliphatic heterocycles. The zero-order chi connectivity index (χ0) is 14.6. The summed E-state index contributed by atoms with van der Waals surface area (Å²) in [6.07, 6.45) is 1.78. The lowest BCUT2D eigenvalue weighted by Crippen LogP contribution is -2.37. The number of amides is 2. The van der Waals surface area contributed by atoms with Crippen molar-refractivity contribution in [1.29, 1.82) is 0 Å². The normalized spacial score (nSPS) is 14.6. The first kappa shape index (κ1) is 17.3. The molecule has 0 unspecified atom stereocenters. The van der Waals surface area contributed by atoms with Crippen LogP contribution in [0, 0.1) is 0 Å². The van der Waals surface area contributed by atoms with Gasteiger partial charge in [0.25, 0.3) is 0 Å². The van der Waals surface area contributed by atoms with Crippen LogP contribution in [0.5, 0.6) is 5.75 Å². The predicted octanol–water partition coefficient (Wildman–Crippen LogP) is 1.05. The van der Waals surface area contributed by atoms with E-state index in [2.05, 4.69) is 10.6 Å². The maximum atomic E-state index is 11.7. The minimum absolute atomic E-state index is 0. The van der Waals surface area contributed by atoms with E-state index in [4.69, 9.17) is 10.5 Å². The Bertz CT molecular complexity index is 501. The molecule has 2 rings (SSSR count). The highest BCUT2D eigenvalue weighted by Gasteiger charge is 2.45. The van der Waals surface area contributed by atoms with E-state index in [0.29, 0.717) is 24.5 Å². The molecule has 6 nitrogen and oxygen atoms in total. The number of ether oxygens (including phenoxy) is 1. The monoisotopic (exact) mass is 313 g/mol. The van der Waals surface area contributed by atoms with Gasteiger partial charge in [-0.15, -0.1) is 12.4 Å². The average molecular weight is 314 g/mol. The van der Waals surface area contributed by atoms with Crippen LogP contribution >= 0.6 is 12.4 Å². The lowest BCUT2D eigenvalue weighted by Gasteiger charge is -2.11. The number of halogens is 1. The number of nitrogens with two attached hydrogens (primary N) is 1. The molecule has 1 aliphatic carbocycles. The maximum Gasteiger partial charge on any atom is 0.244 e. The largest absolute Gasteiger partial charge is 0.493 e. The molecule has 1 saturated carbocycles. The number of carbonyl (C=O) groups is 2. The van der Waals surface area contributed by atoms with Crippen LogP contribution in [0.25, 0.3) is 0 Å². The van der Waals surface area contributed by atoms with Crippen LogP contribution in [0.3, 0.4) is 0 Å². The van der Waals surface area contributed by atoms with E-state index < -0.39 is 5.54 Å². The summed E-state index contributed by atoms with van der Waals surface area (Å²) in [6.45, 7) is 0.317. The fraction of sp³-hybridized carbons (Fsp3) is 0.429. The Morgan fingerprint density at radius 2 is 1.90 bits per heavy atom. The van der Waals surface area contributed by atoms with Crippen LogP contribution in [0.15, 0.2) is 24.3 Å². The van der Waals surface area contributed by atoms with Gasteiger partial charge in [0.2, 0.25) is 11.8 Å². The Hall–Kier alpha value is -1.79. The highest BCUT2D eigenvalue weighted by atomic mass is 35.5. The molecule has 0 spiro atoms. The summed E-state index contributed by atoms with van der Waals surface area (Å²) in [6, 6.07) is 6.99. The molecule has 1 fully saturated rings. The standard InChI is InChI=1S/C14H19N3O3.ClH/c1-16-12(18)6-9-20-11-4-2-10(3-5-11)17-13(19)14(15)7-8-14;/h2-5H,6-9,15H2,1H3,(H,16,18)(H,17,19);1H. The summed E-state index contributed by atoms with van der Waals surface area (Å²) in [5.41, 5.74) is 5.81. The van der Waals surface area contributed by atoms with Crippen LogP contribution in [-0.2, 0) is 9.59 Å². The van der Waals surface area contributed by atoms with Crippen LogP contribution in [-0.4, -0.2) is 31.0 Å². The molecule has 0 saturated heterocycles. The van der Waals surface area contributed by atoms with Crippen molar-refractivity contribution in [2.45, 2.75) is 24.8 Å². The number of benzene rings is 1. The van der Waals surface area contributed by atoms with E-state index >= 15 is 0 Å². The Morgan fingerprint density at radius 1 is 1.29 bits per heavy atom. The molecular formula is C14H20ClN3O3. The van der Waals surface area contributed by atoms with Crippen molar-refractivity contribution >= 4 is 29.9 Å². The molecule has 1 aromatic rings. The minimum Gasteiger partial charge on any atom is -0.493 e. The average Bonchev–Trinajstić information content (AvgIpc) is 3.20. The Morgan fingerprint density at radius 3 is 2.43 bits per heavy atom. The van der Waals surface area contributed by atoms with E-state index in [1.54, 1.807) is 31.3 Å². The molecule has 0 radical (unpaired) electrons. The zero-order valence-electron chi connectivity index (χ0n) is 11.8. The van der Waals surface area contributed by atoms with Gasteiger partial charge in [0, 0.05) is 12.7 Å². The van der Waals surface area contributed by atoms with E-state index in [0.717, 1.165) is 12.8 Å².